The molecular weight excluding hydrogens is 332 g/mol. The van der Waals surface area contributed by atoms with Crippen LogP contribution in [0.5, 0.6) is 0 Å². The molecule has 0 aromatic carbocycles. The van der Waals surface area contributed by atoms with Gasteiger partial charge >= 0.3 is 5.97 Å². The minimum absolute atomic E-state index is 0.0748. The van der Waals surface area contributed by atoms with Crippen LogP contribution < -0.4 is 5.56 Å². The fourth-order valence-electron chi connectivity index (χ4n) is 4.23. The van der Waals surface area contributed by atoms with E-state index in [1.54, 1.807) is 11.0 Å². The van der Waals surface area contributed by atoms with Crippen molar-refractivity contribution < 1.29 is 14.3 Å². The second-order valence-corrected chi connectivity index (χ2v) is 7.13. The Morgan fingerprint density at radius 3 is 2.69 bits per heavy atom. The number of hydrogen-bond donors (Lipinski definition) is 1. The SMILES string of the molecule is CCOC(=O)[C@@H]1[C@H]2CN(C(=O)c3ccc(=O)[nH]c3CC)C[C@@H]2C=C[C@@H]1C. The molecule has 140 valence electrons. The predicted molar refractivity (Wildman–Crippen MR) is 97.8 cm³/mol. The maximum Gasteiger partial charge on any atom is 0.309 e. The van der Waals surface area contributed by atoms with Crippen LogP contribution in [0.4, 0.5) is 0 Å². The number of carbonyl (C=O) groups is 2. The van der Waals surface area contributed by atoms with Gasteiger partial charge in [0.15, 0.2) is 0 Å². The van der Waals surface area contributed by atoms with Gasteiger partial charge in [-0.05, 0) is 37.2 Å². The molecule has 2 heterocycles. The van der Waals surface area contributed by atoms with Crippen molar-refractivity contribution >= 4 is 11.9 Å². The molecule has 0 bridgehead atoms. The Morgan fingerprint density at radius 1 is 1.23 bits per heavy atom. The van der Waals surface area contributed by atoms with E-state index in [1.165, 1.54) is 6.07 Å². The van der Waals surface area contributed by atoms with E-state index >= 15 is 0 Å². The van der Waals surface area contributed by atoms with Gasteiger partial charge in [-0.3, -0.25) is 14.4 Å². The fraction of sp³-hybridized carbons (Fsp3) is 0.550. The molecule has 4 atom stereocenters. The van der Waals surface area contributed by atoms with Gasteiger partial charge < -0.3 is 14.6 Å². The Kier molecular flexibility index (Phi) is 5.30. The third-order valence-corrected chi connectivity index (χ3v) is 5.53. The number of amides is 1. The third kappa shape index (κ3) is 3.32. The number of rotatable bonds is 4. The summed E-state index contributed by atoms with van der Waals surface area (Å²) >= 11 is 0. The standard InChI is InChI=1S/C20H26N2O4/c1-4-16-14(8-9-17(23)21-16)19(24)22-10-13-7-6-12(3)18(15(13)11-22)20(25)26-5-2/h6-9,12-13,15,18H,4-5,10-11H2,1-3H3,(H,21,23)/t12-,13-,15-,18-/m0/s1. The molecule has 0 spiro atoms. The van der Waals surface area contributed by atoms with E-state index in [-0.39, 0.29) is 41.1 Å². The third-order valence-electron chi connectivity index (χ3n) is 5.53. The van der Waals surface area contributed by atoms with Crippen molar-refractivity contribution in [2.75, 3.05) is 19.7 Å². The average molecular weight is 358 g/mol. The maximum absolute atomic E-state index is 13.0. The van der Waals surface area contributed by atoms with Gasteiger partial charge in [0.2, 0.25) is 5.56 Å². The molecule has 0 saturated carbocycles. The van der Waals surface area contributed by atoms with Crippen LogP contribution in [0.2, 0.25) is 0 Å². The highest BCUT2D eigenvalue weighted by Gasteiger charge is 2.46. The Labute approximate surface area is 153 Å². The van der Waals surface area contributed by atoms with Crippen molar-refractivity contribution in [2.24, 2.45) is 23.7 Å². The van der Waals surface area contributed by atoms with Gasteiger partial charge in [-0.2, -0.15) is 0 Å². The molecule has 3 rings (SSSR count). The van der Waals surface area contributed by atoms with Crippen LogP contribution in [-0.2, 0) is 16.0 Å². The van der Waals surface area contributed by atoms with Gasteiger partial charge in [0.1, 0.15) is 0 Å². The first-order valence-corrected chi connectivity index (χ1v) is 9.32. The number of nitrogens with one attached hydrogen (secondary N) is 1. The lowest BCUT2D eigenvalue weighted by Gasteiger charge is -2.31. The van der Waals surface area contributed by atoms with Crippen molar-refractivity contribution in [3.63, 3.8) is 0 Å². The van der Waals surface area contributed by atoms with Gasteiger partial charge in [0.05, 0.1) is 18.1 Å². The van der Waals surface area contributed by atoms with Crippen LogP contribution in [0.3, 0.4) is 0 Å². The largest absolute Gasteiger partial charge is 0.466 e. The maximum atomic E-state index is 13.0. The summed E-state index contributed by atoms with van der Waals surface area (Å²) in [7, 11) is 0. The summed E-state index contributed by atoms with van der Waals surface area (Å²) < 4.78 is 5.27. The summed E-state index contributed by atoms with van der Waals surface area (Å²) in [5.41, 5.74) is 0.992. The second-order valence-electron chi connectivity index (χ2n) is 7.13. The lowest BCUT2D eigenvalue weighted by molar-refractivity contribution is -0.152. The van der Waals surface area contributed by atoms with E-state index in [9.17, 15) is 14.4 Å². The van der Waals surface area contributed by atoms with Gasteiger partial charge in [0, 0.05) is 24.8 Å². The summed E-state index contributed by atoms with van der Waals surface area (Å²) in [6.45, 7) is 7.23. The minimum atomic E-state index is -0.219. The van der Waals surface area contributed by atoms with E-state index in [2.05, 4.69) is 17.1 Å². The highest BCUT2D eigenvalue weighted by atomic mass is 16.5. The summed E-state index contributed by atoms with van der Waals surface area (Å²) in [6, 6.07) is 2.99. The molecule has 1 N–H and O–H groups in total. The monoisotopic (exact) mass is 358 g/mol. The highest BCUT2D eigenvalue weighted by Crippen LogP contribution is 2.40. The summed E-state index contributed by atoms with van der Waals surface area (Å²) in [4.78, 5) is 41.5. The number of aromatic nitrogens is 1. The van der Waals surface area contributed by atoms with Crippen LogP contribution in [0.15, 0.2) is 29.1 Å². The normalized spacial score (nSPS) is 27.3. The number of pyridine rings is 1. The first-order chi connectivity index (χ1) is 12.5. The molecule has 1 aromatic heterocycles. The van der Waals surface area contributed by atoms with Gasteiger partial charge in [-0.15, -0.1) is 0 Å². The van der Waals surface area contributed by atoms with Crippen molar-refractivity contribution in [1.29, 1.82) is 0 Å². The Balaban J connectivity index is 1.83. The first-order valence-electron chi connectivity index (χ1n) is 9.32. The van der Waals surface area contributed by atoms with E-state index < -0.39 is 0 Å². The minimum Gasteiger partial charge on any atom is -0.466 e. The van der Waals surface area contributed by atoms with Crippen LogP contribution in [-0.4, -0.2) is 41.5 Å². The number of likely N-dealkylation sites (tertiary alicyclic amines) is 1. The molecule has 2 aliphatic rings. The smallest absolute Gasteiger partial charge is 0.309 e. The number of fused-ring (bicyclic) bond motifs is 1. The van der Waals surface area contributed by atoms with Gasteiger partial charge in [0.25, 0.3) is 5.91 Å². The average Bonchev–Trinajstić information content (AvgIpc) is 3.05. The summed E-state index contributed by atoms with van der Waals surface area (Å²) in [5, 5.41) is 0. The lowest BCUT2D eigenvalue weighted by Crippen LogP contribution is -2.37. The van der Waals surface area contributed by atoms with Crippen LogP contribution in [0.1, 0.15) is 36.8 Å². The molecule has 0 unspecified atom stereocenters. The van der Waals surface area contributed by atoms with Crippen LogP contribution in [0, 0.1) is 23.7 Å². The zero-order valence-corrected chi connectivity index (χ0v) is 15.5. The number of nitrogens with zero attached hydrogens (tertiary/aromatic N) is 1. The lowest BCUT2D eigenvalue weighted by atomic mass is 9.72. The van der Waals surface area contributed by atoms with Gasteiger partial charge in [-0.25, -0.2) is 0 Å². The molecule has 26 heavy (non-hydrogen) atoms. The zero-order chi connectivity index (χ0) is 18.8. The fourth-order valence-corrected chi connectivity index (χ4v) is 4.23. The number of esters is 1. The van der Waals surface area contributed by atoms with Crippen molar-refractivity contribution in [2.45, 2.75) is 27.2 Å². The number of allylic oxidation sites excluding steroid dienone is 1. The summed E-state index contributed by atoms with van der Waals surface area (Å²) in [6.07, 6.45) is 4.78. The summed E-state index contributed by atoms with van der Waals surface area (Å²) in [5.74, 6) is -0.139. The van der Waals surface area contributed by atoms with Crippen molar-refractivity contribution in [1.82, 2.24) is 9.88 Å². The molecule has 1 saturated heterocycles. The topological polar surface area (TPSA) is 79.5 Å². The molecule has 6 nitrogen and oxygen atoms in total. The molecule has 1 amide bonds. The molecule has 1 aliphatic carbocycles. The molecule has 1 aromatic rings. The van der Waals surface area contributed by atoms with Gasteiger partial charge in [-0.1, -0.05) is 26.0 Å². The number of carbonyl (C=O) groups excluding carboxylic acids is 2. The molecule has 1 aliphatic heterocycles. The Morgan fingerprint density at radius 2 is 2.00 bits per heavy atom. The van der Waals surface area contributed by atoms with Crippen LogP contribution >= 0.6 is 0 Å². The van der Waals surface area contributed by atoms with E-state index in [0.29, 0.717) is 37.4 Å². The Hall–Kier alpha value is -2.37. The second kappa shape index (κ2) is 7.48. The van der Waals surface area contributed by atoms with Crippen LogP contribution in [0.25, 0.3) is 0 Å². The predicted octanol–water partition coefficient (Wildman–Crippen LogP) is 2.01. The Bertz CT molecular complexity index is 782. The van der Waals surface area contributed by atoms with E-state index in [4.69, 9.17) is 4.74 Å². The molecule has 0 radical (unpaired) electrons. The number of aryl methyl sites for hydroxylation is 1. The van der Waals surface area contributed by atoms with Crippen molar-refractivity contribution in [3.05, 3.63) is 45.9 Å². The molecule has 1 fully saturated rings. The number of H-pyrrole nitrogens is 1. The first kappa shape index (κ1) is 18.4. The number of aromatic amines is 1. The van der Waals surface area contributed by atoms with Crippen molar-refractivity contribution in [3.8, 4) is 0 Å². The quantitative estimate of drug-likeness (QED) is 0.660. The molecule has 6 heteroatoms. The molecular formula is C20H26N2O4. The van der Waals surface area contributed by atoms with E-state index in [1.807, 2.05) is 20.8 Å². The number of ether oxygens (including phenoxy) is 1. The highest BCUT2D eigenvalue weighted by molar-refractivity contribution is 5.95. The number of hydrogen-bond acceptors (Lipinski definition) is 4. The van der Waals surface area contributed by atoms with E-state index in [0.717, 1.165) is 0 Å². The zero-order valence-electron chi connectivity index (χ0n) is 15.5.